The Morgan fingerprint density at radius 2 is 1.68 bits per heavy atom. The van der Waals surface area contributed by atoms with Crippen LogP contribution in [-0.2, 0) is 11.2 Å². The number of ketones is 2. The van der Waals surface area contributed by atoms with E-state index < -0.39 is 23.0 Å². The van der Waals surface area contributed by atoms with Gasteiger partial charge in [0.05, 0.1) is 23.9 Å². The number of carbonyl (C=O) groups excluding carboxylic acids is 2. The first kappa shape index (κ1) is 30.2. The second-order valence-electron chi connectivity index (χ2n) is 9.89. The molecule has 9 nitrogen and oxygen atoms in total. The highest BCUT2D eigenvalue weighted by molar-refractivity contribution is 6.01. The van der Waals surface area contributed by atoms with Gasteiger partial charge in [0, 0.05) is 48.8 Å². The number of Topliss-reactive ketones (excluding diaryl/α,β-unsaturated/α-hetero) is 2. The fourth-order valence-electron chi connectivity index (χ4n) is 4.69. The smallest absolute Gasteiger partial charge is 0.266 e. The molecule has 0 bridgehead atoms. The minimum absolute atomic E-state index is 0.108. The van der Waals surface area contributed by atoms with Gasteiger partial charge < -0.3 is 14.2 Å². The summed E-state index contributed by atoms with van der Waals surface area (Å²) in [4.78, 5) is 47.7. The van der Waals surface area contributed by atoms with Crippen molar-refractivity contribution in [3.8, 4) is 22.9 Å². The van der Waals surface area contributed by atoms with Crippen molar-refractivity contribution in [3.63, 3.8) is 0 Å². The van der Waals surface area contributed by atoms with E-state index in [2.05, 4.69) is 9.97 Å². The molecule has 0 aliphatic rings. The molecule has 0 N–H and O–H groups in total. The van der Waals surface area contributed by atoms with Crippen LogP contribution in [0.25, 0.3) is 16.7 Å². The lowest BCUT2D eigenvalue weighted by atomic mass is 9.99. The molecule has 3 aromatic heterocycles. The van der Waals surface area contributed by atoms with Gasteiger partial charge >= 0.3 is 0 Å². The number of hydrogen-bond donors (Lipinski definition) is 0. The number of hydrogen-bond acceptors (Lipinski definition) is 8. The first-order chi connectivity index (χ1) is 21.2. The van der Waals surface area contributed by atoms with Crippen LogP contribution < -0.4 is 15.0 Å². The molecule has 0 saturated carbocycles. The number of carbonyl (C=O) groups is 2. The zero-order valence-electron chi connectivity index (χ0n) is 24.1. The molecule has 0 saturated heterocycles. The maximum atomic E-state index is 15.2. The number of halogens is 2. The van der Waals surface area contributed by atoms with E-state index >= 15 is 4.39 Å². The van der Waals surface area contributed by atoms with E-state index in [0.29, 0.717) is 41.4 Å². The molecule has 44 heavy (non-hydrogen) atoms. The Bertz CT molecular complexity index is 1940. The SMILES string of the molecule is COCCOc1cnc2c(Oc3ccc(CC(=O)c4cc(C(C)=O)c(C)n(-c5ccc(F)cc5)c4=O)cc3F)ccnc2c1. The summed E-state index contributed by atoms with van der Waals surface area (Å²) in [7, 11) is 1.57. The molecule has 5 rings (SSSR count). The predicted molar refractivity (Wildman–Crippen MR) is 158 cm³/mol. The van der Waals surface area contributed by atoms with Crippen LogP contribution in [0.15, 0.2) is 77.9 Å². The Labute approximate surface area is 250 Å². The zero-order valence-corrected chi connectivity index (χ0v) is 24.1. The Balaban J connectivity index is 1.39. The summed E-state index contributed by atoms with van der Waals surface area (Å²) in [5, 5.41) is 0. The molecule has 0 unspecified atom stereocenters. The minimum atomic E-state index is -0.739. The number of pyridine rings is 3. The van der Waals surface area contributed by atoms with E-state index in [1.54, 1.807) is 26.2 Å². The average Bonchev–Trinajstić information content (AvgIpc) is 2.99. The predicted octanol–water partition coefficient (Wildman–Crippen LogP) is 5.81. The fourth-order valence-corrected chi connectivity index (χ4v) is 4.69. The van der Waals surface area contributed by atoms with Crippen LogP contribution >= 0.6 is 0 Å². The van der Waals surface area contributed by atoms with Crippen molar-refractivity contribution >= 4 is 22.6 Å². The summed E-state index contributed by atoms with van der Waals surface area (Å²) < 4.78 is 46.3. The summed E-state index contributed by atoms with van der Waals surface area (Å²) in [6.45, 7) is 3.64. The van der Waals surface area contributed by atoms with E-state index in [-0.39, 0.29) is 40.4 Å². The Hall–Kier alpha value is -5.29. The number of benzene rings is 2. The lowest BCUT2D eigenvalue weighted by Crippen LogP contribution is -2.29. The van der Waals surface area contributed by atoms with E-state index in [9.17, 15) is 18.8 Å². The summed E-state index contributed by atoms with van der Waals surface area (Å²) in [5.41, 5.74) is 1.02. The molecule has 0 amide bonds. The third-order valence-corrected chi connectivity index (χ3v) is 6.86. The minimum Gasteiger partial charge on any atom is -0.489 e. The standard InChI is InChI=1S/C33H27F2N3O6/c1-19-25(20(2)39)17-26(33(41)38(19)23-7-5-22(34)6-8-23)29(40)15-21-4-9-30(27(35)14-21)44-31-10-11-36-28-16-24(18-37-32(28)31)43-13-12-42-3/h4-11,14,16-18H,12-13,15H2,1-3H3. The van der Waals surface area contributed by atoms with Crippen LogP contribution in [0, 0.1) is 18.6 Å². The maximum absolute atomic E-state index is 15.2. The number of aromatic nitrogens is 3. The Kier molecular flexibility index (Phi) is 8.86. The Morgan fingerprint density at radius 1 is 0.909 bits per heavy atom. The summed E-state index contributed by atoms with van der Waals surface area (Å²) in [6.07, 6.45) is 2.69. The molecular weight excluding hydrogens is 572 g/mol. The Morgan fingerprint density at radius 3 is 2.39 bits per heavy atom. The largest absolute Gasteiger partial charge is 0.489 e. The van der Waals surface area contributed by atoms with Gasteiger partial charge in [0.2, 0.25) is 0 Å². The highest BCUT2D eigenvalue weighted by atomic mass is 19.1. The second-order valence-corrected chi connectivity index (χ2v) is 9.89. The topological polar surface area (TPSA) is 110 Å². The van der Waals surface area contributed by atoms with Crippen molar-refractivity contribution in [1.29, 1.82) is 0 Å². The molecule has 0 radical (unpaired) electrons. The van der Waals surface area contributed by atoms with Gasteiger partial charge in [0.25, 0.3) is 5.56 Å². The number of methoxy groups -OCH3 is 1. The van der Waals surface area contributed by atoms with Gasteiger partial charge in [0.15, 0.2) is 28.9 Å². The van der Waals surface area contributed by atoms with Crippen LogP contribution in [0.5, 0.6) is 17.2 Å². The van der Waals surface area contributed by atoms with E-state index in [4.69, 9.17) is 14.2 Å². The van der Waals surface area contributed by atoms with Crippen molar-refractivity contribution in [3.05, 3.63) is 117 Å². The quantitative estimate of drug-likeness (QED) is 0.138. The monoisotopic (exact) mass is 599 g/mol. The van der Waals surface area contributed by atoms with Crippen molar-refractivity contribution in [2.24, 2.45) is 0 Å². The number of nitrogens with zero attached hydrogens (tertiary/aromatic N) is 3. The molecule has 11 heteroatoms. The van der Waals surface area contributed by atoms with Crippen LogP contribution in [0.4, 0.5) is 8.78 Å². The molecule has 0 aliphatic heterocycles. The van der Waals surface area contributed by atoms with Crippen molar-refractivity contribution in [1.82, 2.24) is 14.5 Å². The van der Waals surface area contributed by atoms with Gasteiger partial charge in [-0.1, -0.05) is 6.07 Å². The van der Waals surface area contributed by atoms with Gasteiger partial charge in [0.1, 0.15) is 23.7 Å². The van der Waals surface area contributed by atoms with Crippen molar-refractivity contribution in [2.75, 3.05) is 20.3 Å². The highest BCUT2D eigenvalue weighted by Crippen LogP contribution is 2.31. The van der Waals surface area contributed by atoms with Crippen LogP contribution in [0.3, 0.4) is 0 Å². The van der Waals surface area contributed by atoms with Crippen LogP contribution in [0.2, 0.25) is 0 Å². The first-order valence-corrected chi connectivity index (χ1v) is 13.6. The van der Waals surface area contributed by atoms with E-state index in [1.165, 1.54) is 66.3 Å². The lowest BCUT2D eigenvalue weighted by molar-refractivity contribution is 0.0991. The molecule has 0 fully saturated rings. The second kappa shape index (κ2) is 12.9. The maximum Gasteiger partial charge on any atom is 0.266 e. The third-order valence-electron chi connectivity index (χ3n) is 6.86. The van der Waals surface area contributed by atoms with Crippen molar-refractivity contribution in [2.45, 2.75) is 20.3 Å². The van der Waals surface area contributed by atoms with E-state index in [0.717, 1.165) is 6.07 Å². The van der Waals surface area contributed by atoms with E-state index in [1.807, 2.05) is 0 Å². The molecule has 0 spiro atoms. The molecular formula is C33H27F2N3O6. The summed E-state index contributed by atoms with van der Waals surface area (Å²) in [6, 6.07) is 13.6. The van der Waals surface area contributed by atoms with Crippen LogP contribution in [-0.4, -0.2) is 46.4 Å². The molecule has 0 aliphatic carbocycles. The van der Waals surface area contributed by atoms with Crippen molar-refractivity contribution < 1.29 is 32.6 Å². The molecule has 0 atom stereocenters. The van der Waals surface area contributed by atoms with Gasteiger partial charge in [-0.3, -0.25) is 23.9 Å². The number of fused-ring (bicyclic) bond motifs is 1. The normalized spacial score (nSPS) is 11.0. The van der Waals surface area contributed by atoms with Gasteiger partial charge in [-0.15, -0.1) is 0 Å². The van der Waals surface area contributed by atoms with Gasteiger partial charge in [-0.05, 0) is 61.9 Å². The van der Waals surface area contributed by atoms with Gasteiger partial charge in [-0.25, -0.2) is 13.8 Å². The number of rotatable bonds is 11. The van der Waals surface area contributed by atoms with Crippen LogP contribution in [0.1, 0.15) is 38.9 Å². The molecule has 3 heterocycles. The average molecular weight is 600 g/mol. The lowest BCUT2D eigenvalue weighted by Gasteiger charge is -2.15. The molecule has 224 valence electrons. The number of ether oxygens (including phenoxy) is 3. The third kappa shape index (κ3) is 6.37. The molecule has 5 aromatic rings. The fraction of sp³-hybridized carbons (Fsp3) is 0.182. The first-order valence-electron chi connectivity index (χ1n) is 13.6. The highest BCUT2D eigenvalue weighted by Gasteiger charge is 2.21. The molecule has 2 aromatic carbocycles. The zero-order chi connectivity index (χ0) is 31.4. The summed E-state index contributed by atoms with van der Waals surface area (Å²) in [5.74, 6) is -1.56. The summed E-state index contributed by atoms with van der Waals surface area (Å²) >= 11 is 0. The van der Waals surface area contributed by atoms with Gasteiger partial charge in [-0.2, -0.15) is 0 Å².